The SMILES string of the molecule is CC(C)(C)[Si](OC[C@H]1O[C@@H](n2cc(F)c(=O)[nH]c2=O)C[C@@H]1OS(=O)(=O)C(F)(F)F)(c1ccccc1)c1ccccc1. The number of benzene rings is 2. The second-order valence-corrected chi connectivity index (χ2v) is 16.4. The van der Waals surface area contributed by atoms with Gasteiger partial charge in [0, 0.05) is 6.42 Å². The first-order valence-corrected chi connectivity index (χ1v) is 15.8. The standard InChI is InChI=1S/C26H28F4N2O7SSi/c1-25(2,3)41(17-10-6-4-7-11-17,18-12-8-5-9-13-18)37-16-21-20(39-40(35,36)26(28,29)30)14-22(38-21)32-15-19(27)23(33)31-24(32)34/h4-13,15,20-22H,14,16H2,1-3H3,(H,31,33,34)/t20-,21+,22+/m0/s1. The first-order chi connectivity index (χ1) is 19.1. The molecule has 2 heterocycles. The molecule has 41 heavy (non-hydrogen) atoms. The van der Waals surface area contributed by atoms with Crippen LogP contribution in [0.3, 0.4) is 0 Å². The number of nitrogens with one attached hydrogen (secondary N) is 1. The molecule has 1 saturated heterocycles. The first kappa shape index (κ1) is 30.8. The van der Waals surface area contributed by atoms with E-state index in [1.54, 1.807) is 4.98 Å². The van der Waals surface area contributed by atoms with Gasteiger partial charge in [0.25, 0.3) is 13.9 Å². The van der Waals surface area contributed by atoms with Crippen LogP contribution in [0.2, 0.25) is 5.04 Å². The van der Waals surface area contributed by atoms with Crippen LogP contribution in [0.15, 0.2) is 76.4 Å². The molecular formula is C26H28F4N2O7SSi. The molecule has 2 aromatic carbocycles. The van der Waals surface area contributed by atoms with Crippen LogP contribution >= 0.6 is 0 Å². The molecule has 9 nitrogen and oxygen atoms in total. The maximum absolute atomic E-state index is 14.0. The van der Waals surface area contributed by atoms with Crippen molar-refractivity contribution in [2.45, 2.75) is 56.2 Å². The van der Waals surface area contributed by atoms with Gasteiger partial charge in [-0.25, -0.2) is 4.79 Å². The van der Waals surface area contributed by atoms with Crippen molar-refractivity contribution in [2.24, 2.45) is 0 Å². The molecule has 0 saturated carbocycles. The summed E-state index contributed by atoms with van der Waals surface area (Å²) >= 11 is 0. The van der Waals surface area contributed by atoms with Crippen molar-refractivity contribution in [3.63, 3.8) is 0 Å². The minimum Gasteiger partial charge on any atom is -0.405 e. The van der Waals surface area contributed by atoms with Crippen molar-refractivity contribution < 1.29 is 39.3 Å². The number of hydrogen-bond donors (Lipinski definition) is 1. The predicted octanol–water partition coefficient (Wildman–Crippen LogP) is 2.77. The van der Waals surface area contributed by atoms with Crippen LogP contribution in [0.5, 0.6) is 0 Å². The van der Waals surface area contributed by atoms with Gasteiger partial charge >= 0.3 is 21.3 Å². The summed E-state index contributed by atoms with van der Waals surface area (Å²) in [5, 5.41) is 1.14. The number of halogens is 4. The van der Waals surface area contributed by atoms with Gasteiger partial charge in [0.05, 0.1) is 12.8 Å². The lowest BCUT2D eigenvalue weighted by Gasteiger charge is -2.43. The van der Waals surface area contributed by atoms with Gasteiger partial charge in [-0.15, -0.1) is 0 Å². The monoisotopic (exact) mass is 616 g/mol. The minimum absolute atomic E-state index is 0.428. The van der Waals surface area contributed by atoms with E-state index in [1.807, 2.05) is 81.4 Å². The maximum Gasteiger partial charge on any atom is 0.523 e. The van der Waals surface area contributed by atoms with E-state index in [9.17, 15) is 35.6 Å². The van der Waals surface area contributed by atoms with E-state index in [0.717, 1.165) is 10.4 Å². The second kappa shape index (κ2) is 11.3. The number of ether oxygens (including phenoxy) is 1. The molecular weight excluding hydrogens is 588 g/mol. The molecule has 1 N–H and O–H groups in total. The van der Waals surface area contributed by atoms with Crippen molar-refractivity contribution in [2.75, 3.05) is 6.61 Å². The smallest absolute Gasteiger partial charge is 0.405 e. The third-order valence-corrected chi connectivity index (χ3v) is 12.9. The van der Waals surface area contributed by atoms with Crippen LogP contribution in [0.25, 0.3) is 0 Å². The summed E-state index contributed by atoms with van der Waals surface area (Å²) in [7, 11) is -9.33. The fourth-order valence-corrected chi connectivity index (χ4v) is 10.2. The lowest BCUT2D eigenvalue weighted by molar-refractivity contribution is -0.0658. The van der Waals surface area contributed by atoms with Gasteiger partial charge < -0.3 is 9.16 Å². The number of H-pyrrole nitrogens is 1. The average Bonchev–Trinajstić information content (AvgIpc) is 3.28. The quantitative estimate of drug-likeness (QED) is 0.179. The molecule has 0 spiro atoms. The van der Waals surface area contributed by atoms with Crippen LogP contribution in [0, 0.1) is 5.82 Å². The van der Waals surface area contributed by atoms with Crippen molar-refractivity contribution in [3.8, 4) is 0 Å². The molecule has 1 fully saturated rings. The molecule has 3 atom stereocenters. The Morgan fingerprint density at radius 3 is 2.02 bits per heavy atom. The highest BCUT2D eigenvalue weighted by atomic mass is 32.2. The number of rotatable bonds is 8. The number of alkyl halides is 3. The van der Waals surface area contributed by atoms with Crippen LogP contribution < -0.4 is 21.6 Å². The fraction of sp³-hybridized carbons (Fsp3) is 0.385. The molecule has 1 aromatic heterocycles. The van der Waals surface area contributed by atoms with Crippen molar-refractivity contribution in [1.82, 2.24) is 9.55 Å². The summed E-state index contributed by atoms with van der Waals surface area (Å²) in [6.45, 7) is 5.45. The Morgan fingerprint density at radius 2 is 1.54 bits per heavy atom. The molecule has 4 rings (SSSR count). The van der Waals surface area contributed by atoms with Gasteiger partial charge in [-0.2, -0.15) is 26.0 Å². The molecule has 0 aliphatic carbocycles. The third kappa shape index (κ3) is 6.09. The van der Waals surface area contributed by atoms with E-state index < -0.39 is 77.5 Å². The van der Waals surface area contributed by atoms with E-state index in [4.69, 9.17) is 9.16 Å². The van der Waals surface area contributed by atoms with Gasteiger partial charge in [0.15, 0.2) is 0 Å². The highest BCUT2D eigenvalue weighted by molar-refractivity contribution is 7.87. The molecule has 1 aliphatic heterocycles. The minimum atomic E-state index is -6.07. The molecule has 3 aromatic rings. The lowest BCUT2D eigenvalue weighted by atomic mass is 10.2. The Hall–Kier alpha value is -3.11. The van der Waals surface area contributed by atoms with Crippen LogP contribution in [0.1, 0.15) is 33.4 Å². The molecule has 1 aliphatic rings. The molecule has 0 radical (unpaired) electrons. The lowest BCUT2D eigenvalue weighted by Crippen LogP contribution is -2.67. The van der Waals surface area contributed by atoms with Gasteiger partial charge in [0.2, 0.25) is 5.82 Å². The van der Waals surface area contributed by atoms with E-state index in [-0.39, 0.29) is 0 Å². The average molecular weight is 617 g/mol. The van der Waals surface area contributed by atoms with Crippen LogP contribution in [0.4, 0.5) is 17.6 Å². The third-order valence-electron chi connectivity index (χ3n) is 6.83. The summed E-state index contributed by atoms with van der Waals surface area (Å²) in [5.41, 5.74) is -8.13. The Bertz CT molecular complexity index is 1550. The fourth-order valence-electron chi connectivity index (χ4n) is 4.98. The van der Waals surface area contributed by atoms with E-state index >= 15 is 0 Å². The number of hydrogen-bond acceptors (Lipinski definition) is 7. The van der Waals surface area contributed by atoms with Gasteiger partial charge in [-0.3, -0.25) is 18.5 Å². The summed E-state index contributed by atoms with van der Waals surface area (Å²) in [5.74, 6) is -1.35. The zero-order valence-electron chi connectivity index (χ0n) is 22.2. The van der Waals surface area contributed by atoms with E-state index in [0.29, 0.717) is 10.8 Å². The summed E-state index contributed by atoms with van der Waals surface area (Å²) in [4.78, 5) is 25.6. The molecule has 0 bridgehead atoms. The molecule has 0 amide bonds. The van der Waals surface area contributed by atoms with E-state index in [1.165, 1.54) is 0 Å². The summed E-state index contributed by atoms with van der Waals surface area (Å²) < 4.78 is 95.3. The van der Waals surface area contributed by atoms with Gasteiger partial charge in [-0.05, 0) is 15.4 Å². The second-order valence-electron chi connectivity index (χ2n) is 10.5. The topological polar surface area (TPSA) is 117 Å². The Balaban J connectivity index is 1.76. The summed E-state index contributed by atoms with van der Waals surface area (Å²) in [6, 6.07) is 18.5. The van der Waals surface area contributed by atoms with Crippen molar-refractivity contribution in [1.29, 1.82) is 0 Å². The molecule has 0 unspecified atom stereocenters. The predicted molar refractivity (Wildman–Crippen MR) is 143 cm³/mol. The zero-order valence-corrected chi connectivity index (χ0v) is 24.0. The van der Waals surface area contributed by atoms with Gasteiger partial charge in [-0.1, -0.05) is 81.4 Å². The van der Waals surface area contributed by atoms with Crippen LogP contribution in [-0.4, -0.2) is 50.6 Å². The highest BCUT2D eigenvalue weighted by Crippen LogP contribution is 2.39. The number of aromatic nitrogens is 2. The summed E-state index contributed by atoms with van der Waals surface area (Å²) in [6.07, 6.45) is -4.70. The number of aromatic amines is 1. The maximum atomic E-state index is 14.0. The van der Waals surface area contributed by atoms with Crippen molar-refractivity contribution in [3.05, 3.63) is 93.5 Å². The first-order valence-electron chi connectivity index (χ1n) is 12.5. The molecule has 222 valence electrons. The Kier molecular flexibility index (Phi) is 8.49. The van der Waals surface area contributed by atoms with Gasteiger partial charge in [0.1, 0.15) is 18.4 Å². The number of nitrogens with zero attached hydrogens (tertiary/aromatic N) is 1. The van der Waals surface area contributed by atoms with E-state index in [2.05, 4.69) is 4.18 Å². The molecule has 15 heteroatoms. The van der Waals surface area contributed by atoms with Crippen LogP contribution in [-0.2, 0) is 23.5 Å². The Morgan fingerprint density at radius 1 is 1.00 bits per heavy atom. The Labute approximate surface area is 234 Å². The highest BCUT2D eigenvalue weighted by Gasteiger charge is 2.54. The largest absolute Gasteiger partial charge is 0.523 e. The zero-order chi connectivity index (χ0) is 30.2. The van der Waals surface area contributed by atoms with Crippen molar-refractivity contribution >= 4 is 28.8 Å². The normalized spacial score (nSPS) is 20.3.